The Morgan fingerprint density at radius 3 is 2.45 bits per heavy atom. The van der Waals surface area contributed by atoms with E-state index in [1.807, 2.05) is 37.2 Å². The number of carboxylic acids is 1. The fourth-order valence-corrected chi connectivity index (χ4v) is 3.30. The normalized spacial score (nSPS) is 11.9. The highest BCUT2D eigenvalue weighted by Gasteiger charge is 2.18. The summed E-state index contributed by atoms with van der Waals surface area (Å²) in [5.74, 6) is -0.766. The Kier molecular flexibility index (Phi) is 10.0. The average Bonchev–Trinajstić information content (AvgIpc) is 2.75. The van der Waals surface area contributed by atoms with Gasteiger partial charge in [-0.1, -0.05) is 49.4 Å². The van der Waals surface area contributed by atoms with Gasteiger partial charge < -0.3 is 19.5 Å². The summed E-state index contributed by atoms with van der Waals surface area (Å²) in [4.78, 5) is 24.6. The molecule has 6 heteroatoms. The number of rotatable bonds is 13. The monoisotopic (exact) mass is 427 g/mol. The van der Waals surface area contributed by atoms with Gasteiger partial charge in [0, 0.05) is 6.54 Å². The van der Waals surface area contributed by atoms with Crippen LogP contribution in [0.3, 0.4) is 0 Å². The largest absolute Gasteiger partial charge is 0.489 e. The van der Waals surface area contributed by atoms with Gasteiger partial charge in [0.1, 0.15) is 18.5 Å². The van der Waals surface area contributed by atoms with Crippen LogP contribution in [-0.2, 0) is 33.6 Å². The second-order valence-corrected chi connectivity index (χ2v) is 7.86. The van der Waals surface area contributed by atoms with Gasteiger partial charge in [-0.3, -0.25) is 9.59 Å². The smallest absolute Gasteiger partial charge is 0.306 e. The maximum atomic E-state index is 12.0. The molecule has 0 bridgehead atoms. The van der Waals surface area contributed by atoms with Crippen LogP contribution in [0.4, 0.5) is 0 Å². The number of carbonyl (C=O) groups excluding carboxylic acids is 1. The van der Waals surface area contributed by atoms with Crippen molar-refractivity contribution in [2.45, 2.75) is 45.1 Å². The molecule has 0 unspecified atom stereocenters. The number of aliphatic carboxylic acids is 1. The molecule has 31 heavy (non-hydrogen) atoms. The molecular formula is C25H33NO5. The van der Waals surface area contributed by atoms with E-state index in [4.69, 9.17) is 14.6 Å². The summed E-state index contributed by atoms with van der Waals surface area (Å²) < 4.78 is 11.5. The first-order valence-corrected chi connectivity index (χ1v) is 10.7. The molecule has 0 heterocycles. The average molecular weight is 428 g/mol. The summed E-state index contributed by atoms with van der Waals surface area (Å²) in [6, 6.07) is 16.5. The number of esters is 1. The first-order chi connectivity index (χ1) is 14.9. The van der Waals surface area contributed by atoms with E-state index in [1.165, 1.54) is 11.1 Å². The zero-order valence-corrected chi connectivity index (χ0v) is 18.7. The molecular weight excluding hydrogens is 394 g/mol. The minimum Gasteiger partial charge on any atom is -0.489 e. The van der Waals surface area contributed by atoms with Crippen molar-refractivity contribution >= 4 is 11.9 Å². The van der Waals surface area contributed by atoms with E-state index in [9.17, 15) is 9.59 Å². The highest BCUT2D eigenvalue weighted by Crippen LogP contribution is 2.21. The zero-order valence-electron chi connectivity index (χ0n) is 18.7. The lowest BCUT2D eigenvalue weighted by Crippen LogP contribution is -2.35. The third kappa shape index (κ3) is 9.22. The van der Waals surface area contributed by atoms with E-state index >= 15 is 0 Å². The number of aryl methyl sites for hydroxylation is 3. The molecule has 0 aliphatic carbocycles. The van der Waals surface area contributed by atoms with E-state index in [0.717, 1.165) is 30.6 Å². The highest BCUT2D eigenvalue weighted by molar-refractivity contribution is 5.76. The van der Waals surface area contributed by atoms with Gasteiger partial charge in [0.25, 0.3) is 0 Å². The molecule has 0 fully saturated rings. The molecule has 0 saturated carbocycles. The number of benzene rings is 2. The summed E-state index contributed by atoms with van der Waals surface area (Å²) >= 11 is 0. The van der Waals surface area contributed by atoms with Crippen molar-refractivity contribution < 1.29 is 24.2 Å². The fraction of sp³-hybridized carbons (Fsp3) is 0.440. The quantitative estimate of drug-likeness (QED) is 0.491. The maximum absolute atomic E-state index is 12.0. The minimum atomic E-state index is -1.02. The van der Waals surface area contributed by atoms with Crippen molar-refractivity contribution in [2.75, 3.05) is 27.2 Å². The number of likely N-dealkylation sites (N-methyl/N-ethyl adjacent to an activating group) is 1. The van der Waals surface area contributed by atoms with Crippen LogP contribution in [0.2, 0.25) is 0 Å². The molecule has 0 radical (unpaired) electrons. The number of nitrogens with zero attached hydrogens (tertiary/aromatic N) is 1. The van der Waals surface area contributed by atoms with Gasteiger partial charge in [-0.05, 0) is 56.1 Å². The van der Waals surface area contributed by atoms with Gasteiger partial charge in [-0.25, -0.2) is 0 Å². The number of carboxylic acid groups (broad SMARTS) is 1. The van der Waals surface area contributed by atoms with Crippen LogP contribution in [0.1, 0.15) is 36.5 Å². The summed E-state index contributed by atoms with van der Waals surface area (Å²) in [7, 11) is 3.77. The van der Waals surface area contributed by atoms with E-state index in [0.29, 0.717) is 6.54 Å². The SMILES string of the molecule is CCc1cccc(CCc2ccccc2OC[C@@H](CN(C)C)OC(=O)CCC(=O)O)c1. The number of hydrogen-bond donors (Lipinski definition) is 1. The van der Waals surface area contributed by atoms with E-state index in [2.05, 4.69) is 37.3 Å². The predicted octanol–water partition coefficient (Wildman–Crippen LogP) is 3.75. The summed E-state index contributed by atoms with van der Waals surface area (Å²) in [5.41, 5.74) is 3.73. The van der Waals surface area contributed by atoms with E-state index in [-0.39, 0.29) is 19.4 Å². The van der Waals surface area contributed by atoms with Gasteiger partial charge in [0.15, 0.2) is 0 Å². The molecule has 2 aromatic carbocycles. The van der Waals surface area contributed by atoms with Crippen LogP contribution < -0.4 is 4.74 Å². The molecule has 2 rings (SSSR count). The molecule has 2 aromatic rings. The van der Waals surface area contributed by atoms with Gasteiger partial charge in [0.05, 0.1) is 12.8 Å². The Hall–Kier alpha value is -2.86. The van der Waals surface area contributed by atoms with Crippen LogP contribution >= 0.6 is 0 Å². The van der Waals surface area contributed by atoms with Crippen molar-refractivity contribution in [3.63, 3.8) is 0 Å². The number of ether oxygens (including phenoxy) is 2. The molecule has 168 valence electrons. The maximum Gasteiger partial charge on any atom is 0.306 e. The Morgan fingerprint density at radius 2 is 1.74 bits per heavy atom. The third-order valence-corrected chi connectivity index (χ3v) is 4.89. The summed E-state index contributed by atoms with van der Waals surface area (Å²) in [6.45, 7) is 2.85. The fourth-order valence-electron chi connectivity index (χ4n) is 3.30. The predicted molar refractivity (Wildman–Crippen MR) is 120 cm³/mol. The molecule has 0 saturated heterocycles. The molecule has 6 nitrogen and oxygen atoms in total. The minimum absolute atomic E-state index is 0.146. The van der Waals surface area contributed by atoms with Crippen molar-refractivity contribution in [3.8, 4) is 5.75 Å². The summed E-state index contributed by atoms with van der Waals surface area (Å²) in [6.07, 6.45) is 1.92. The van der Waals surface area contributed by atoms with Crippen LogP contribution in [0, 0.1) is 0 Å². The number of carbonyl (C=O) groups is 2. The standard InChI is InChI=1S/C25H33NO5/c1-4-19-8-7-9-20(16-19)12-13-21-10-5-6-11-23(21)30-18-22(17-26(2)3)31-25(29)15-14-24(27)28/h5-11,16,22H,4,12-15,17-18H2,1-3H3,(H,27,28)/t22-/m1/s1. The molecule has 0 amide bonds. The Labute approximate surface area is 184 Å². The van der Waals surface area contributed by atoms with Crippen LogP contribution in [0.5, 0.6) is 5.75 Å². The molecule has 0 spiro atoms. The highest BCUT2D eigenvalue weighted by atomic mass is 16.6. The molecule has 0 aliphatic heterocycles. The second kappa shape index (κ2) is 12.7. The molecule has 0 aliphatic rings. The van der Waals surface area contributed by atoms with E-state index < -0.39 is 18.0 Å². The van der Waals surface area contributed by atoms with Crippen LogP contribution in [0.25, 0.3) is 0 Å². The van der Waals surface area contributed by atoms with Gasteiger partial charge in [-0.2, -0.15) is 0 Å². The Bertz CT molecular complexity index is 849. The number of hydrogen-bond acceptors (Lipinski definition) is 5. The number of para-hydroxylation sites is 1. The van der Waals surface area contributed by atoms with Gasteiger partial charge in [0.2, 0.25) is 0 Å². The van der Waals surface area contributed by atoms with E-state index in [1.54, 1.807) is 0 Å². The lowest BCUT2D eigenvalue weighted by atomic mass is 10.0. The lowest BCUT2D eigenvalue weighted by Gasteiger charge is -2.22. The third-order valence-electron chi connectivity index (χ3n) is 4.89. The van der Waals surface area contributed by atoms with Crippen molar-refractivity contribution in [1.29, 1.82) is 0 Å². The Balaban J connectivity index is 1.98. The Morgan fingerprint density at radius 1 is 1.00 bits per heavy atom. The zero-order chi connectivity index (χ0) is 22.6. The van der Waals surface area contributed by atoms with Gasteiger partial charge in [-0.15, -0.1) is 0 Å². The second-order valence-electron chi connectivity index (χ2n) is 7.86. The van der Waals surface area contributed by atoms with Gasteiger partial charge >= 0.3 is 11.9 Å². The van der Waals surface area contributed by atoms with Crippen LogP contribution in [-0.4, -0.2) is 55.3 Å². The van der Waals surface area contributed by atoms with Crippen molar-refractivity contribution in [2.24, 2.45) is 0 Å². The van der Waals surface area contributed by atoms with Crippen molar-refractivity contribution in [1.82, 2.24) is 4.90 Å². The first-order valence-electron chi connectivity index (χ1n) is 10.7. The molecule has 1 atom stereocenters. The van der Waals surface area contributed by atoms with Crippen LogP contribution in [0.15, 0.2) is 48.5 Å². The first kappa shape index (κ1) is 24.4. The summed E-state index contributed by atoms with van der Waals surface area (Å²) in [5, 5.41) is 8.75. The molecule has 0 aromatic heterocycles. The molecule has 1 N–H and O–H groups in total. The lowest BCUT2D eigenvalue weighted by molar-refractivity contribution is -0.153. The topological polar surface area (TPSA) is 76.1 Å². The van der Waals surface area contributed by atoms with Crippen molar-refractivity contribution in [3.05, 3.63) is 65.2 Å².